The molecule has 5 heteroatoms. The minimum Gasteiger partial charge on any atom is -0.299 e. The van der Waals surface area contributed by atoms with Crippen LogP contribution < -0.4 is 4.72 Å². The molecule has 0 unspecified atom stereocenters. The standard InChI is InChI=1S/C19H24N2O2S/c22-24(23,20-13-12-17-6-2-1-3-7-17)19-10-8-18(9-11-19)16-21-14-4-5-15-21/h1-3,6-11,20H,4-5,12-16H2. The number of hydrogen-bond donors (Lipinski definition) is 1. The molecular weight excluding hydrogens is 320 g/mol. The summed E-state index contributed by atoms with van der Waals surface area (Å²) in [4.78, 5) is 2.74. The van der Waals surface area contributed by atoms with E-state index in [4.69, 9.17) is 0 Å². The summed E-state index contributed by atoms with van der Waals surface area (Å²) < 4.78 is 27.4. The molecule has 1 aliphatic heterocycles. The van der Waals surface area contributed by atoms with E-state index in [0.29, 0.717) is 17.9 Å². The van der Waals surface area contributed by atoms with Crippen LogP contribution in [0.4, 0.5) is 0 Å². The largest absolute Gasteiger partial charge is 0.299 e. The van der Waals surface area contributed by atoms with Gasteiger partial charge < -0.3 is 0 Å². The van der Waals surface area contributed by atoms with Crippen LogP contribution in [0.15, 0.2) is 59.5 Å². The van der Waals surface area contributed by atoms with Gasteiger partial charge in [-0.1, -0.05) is 42.5 Å². The van der Waals surface area contributed by atoms with Crippen LogP contribution in [0.1, 0.15) is 24.0 Å². The maximum atomic E-state index is 12.4. The summed E-state index contributed by atoms with van der Waals surface area (Å²) in [5.74, 6) is 0. The Hall–Kier alpha value is -1.69. The molecule has 4 nitrogen and oxygen atoms in total. The molecule has 128 valence electrons. The van der Waals surface area contributed by atoms with Gasteiger partial charge in [-0.3, -0.25) is 4.90 Å². The lowest BCUT2D eigenvalue weighted by molar-refractivity contribution is 0.331. The molecule has 0 bridgehead atoms. The zero-order valence-corrected chi connectivity index (χ0v) is 14.6. The Morgan fingerprint density at radius 3 is 2.21 bits per heavy atom. The summed E-state index contributed by atoms with van der Waals surface area (Å²) in [6, 6.07) is 17.1. The van der Waals surface area contributed by atoms with Gasteiger partial charge in [0.05, 0.1) is 4.90 Å². The first-order valence-electron chi connectivity index (χ1n) is 8.48. The SMILES string of the molecule is O=S(=O)(NCCc1ccccc1)c1ccc(CN2CCCC2)cc1. The van der Waals surface area contributed by atoms with Crippen molar-refractivity contribution in [2.45, 2.75) is 30.7 Å². The Morgan fingerprint density at radius 2 is 1.54 bits per heavy atom. The Labute approximate surface area is 144 Å². The fourth-order valence-electron chi connectivity index (χ4n) is 3.03. The number of hydrogen-bond acceptors (Lipinski definition) is 3. The van der Waals surface area contributed by atoms with Crippen molar-refractivity contribution in [2.75, 3.05) is 19.6 Å². The molecule has 3 rings (SSSR count). The molecule has 0 atom stereocenters. The maximum Gasteiger partial charge on any atom is 0.240 e. The highest BCUT2D eigenvalue weighted by Gasteiger charge is 2.15. The summed E-state index contributed by atoms with van der Waals surface area (Å²) in [6.45, 7) is 3.59. The molecule has 0 aromatic heterocycles. The quantitative estimate of drug-likeness (QED) is 0.840. The molecule has 0 amide bonds. The lowest BCUT2D eigenvalue weighted by Crippen LogP contribution is -2.26. The number of likely N-dealkylation sites (tertiary alicyclic amines) is 1. The lowest BCUT2D eigenvalue weighted by Gasteiger charge is -2.14. The van der Waals surface area contributed by atoms with Crippen LogP contribution in [-0.2, 0) is 23.0 Å². The molecular formula is C19H24N2O2S. The zero-order valence-electron chi connectivity index (χ0n) is 13.8. The number of rotatable bonds is 7. The highest BCUT2D eigenvalue weighted by Crippen LogP contribution is 2.15. The molecule has 1 saturated heterocycles. The van der Waals surface area contributed by atoms with E-state index in [1.165, 1.54) is 18.4 Å². The summed E-state index contributed by atoms with van der Waals surface area (Å²) in [5, 5.41) is 0. The average Bonchev–Trinajstić information content (AvgIpc) is 3.09. The van der Waals surface area contributed by atoms with Crippen molar-refractivity contribution in [1.82, 2.24) is 9.62 Å². The van der Waals surface area contributed by atoms with E-state index in [1.807, 2.05) is 42.5 Å². The maximum absolute atomic E-state index is 12.4. The number of nitrogens with zero attached hydrogens (tertiary/aromatic N) is 1. The lowest BCUT2D eigenvalue weighted by atomic mass is 10.2. The number of sulfonamides is 1. The van der Waals surface area contributed by atoms with Gasteiger partial charge in [-0.15, -0.1) is 0 Å². The van der Waals surface area contributed by atoms with Crippen LogP contribution >= 0.6 is 0 Å². The highest BCUT2D eigenvalue weighted by atomic mass is 32.2. The second-order valence-electron chi connectivity index (χ2n) is 6.26. The summed E-state index contributed by atoms with van der Waals surface area (Å²) in [6.07, 6.45) is 3.21. The van der Waals surface area contributed by atoms with Crippen molar-refractivity contribution in [3.8, 4) is 0 Å². The third-order valence-corrected chi connectivity index (χ3v) is 5.86. The second-order valence-corrected chi connectivity index (χ2v) is 8.03. The molecule has 0 aliphatic carbocycles. The van der Waals surface area contributed by atoms with Crippen molar-refractivity contribution in [3.05, 3.63) is 65.7 Å². The van der Waals surface area contributed by atoms with E-state index in [9.17, 15) is 8.42 Å². The van der Waals surface area contributed by atoms with Gasteiger partial charge in [0.25, 0.3) is 0 Å². The molecule has 1 heterocycles. The van der Waals surface area contributed by atoms with E-state index in [1.54, 1.807) is 12.1 Å². The Morgan fingerprint density at radius 1 is 0.875 bits per heavy atom. The molecule has 2 aromatic rings. The van der Waals surface area contributed by atoms with E-state index in [-0.39, 0.29) is 0 Å². The fraction of sp³-hybridized carbons (Fsp3) is 0.368. The highest BCUT2D eigenvalue weighted by molar-refractivity contribution is 7.89. The van der Waals surface area contributed by atoms with Crippen LogP contribution in [-0.4, -0.2) is 33.0 Å². The first-order chi connectivity index (χ1) is 11.6. The molecule has 0 spiro atoms. The number of benzene rings is 2. The summed E-state index contributed by atoms with van der Waals surface area (Å²) in [7, 11) is -3.44. The summed E-state index contributed by atoms with van der Waals surface area (Å²) in [5.41, 5.74) is 2.29. The normalized spacial score (nSPS) is 15.7. The van der Waals surface area contributed by atoms with Crippen molar-refractivity contribution in [2.24, 2.45) is 0 Å². The van der Waals surface area contributed by atoms with Crippen LogP contribution in [0.25, 0.3) is 0 Å². The Balaban J connectivity index is 1.55. The number of nitrogens with one attached hydrogen (secondary N) is 1. The summed E-state index contributed by atoms with van der Waals surface area (Å²) >= 11 is 0. The molecule has 1 aliphatic rings. The van der Waals surface area contributed by atoms with Gasteiger partial charge in [0.2, 0.25) is 10.0 Å². The van der Waals surface area contributed by atoms with Crippen molar-refractivity contribution in [1.29, 1.82) is 0 Å². The molecule has 0 saturated carbocycles. The van der Waals surface area contributed by atoms with Gasteiger partial charge in [-0.05, 0) is 55.6 Å². The van der Waals surface area contributed by atoms with Crippen molar-refractivity contribution >= 4 is 10.0 Å². The molecule has 0 radical (unpaired) electrons. The fourth-order valence-corrected chi connectivity index (χ4v) is 4.06. The Bertz CT molecular complexity index is 737. The van der Waals surface area contributed by atoms with Crippen LogP contribution in [0.3, 0.4) is 0 Å². The van der Waals surface area contributed by atoms with Gasteiger partial charge in [0.1, 0.15) is 0 Å². The third kappa shape index (κ3) is 4.66. The van der Waals surface area contributed by atoms with Gasteiger partial charge in [0, 0.05) is 13.1 Å². The monoisotopic (exact) mass is 344 g/mol. The van der Waals surface area contributed by atoms with Crippen LogP contribution in [0, 0.1) is 0 Å². The predicted octanol–water partition coefficient (Wildman–Crippen LogP) is 2.80. The Kier molecular flexibility index (Phi) is 5.66. The van der Waals surface area contributed by atoms with Crippen LogP contribution in [0.2, 0.25) is 0 Å². The van der Waals surface area contributed by atoms with Crippen LogP contribution in [0.5, 0.6) is 0 Å². The minimum absolute atomic E-state index is 0.334. The molecule has 24 heavy (non-hydrogen) atoms. The predicted molar refractivity (Wildman–Crippen MR) is 96.3 cm³/mol. The van der Waals surface area contributed by atoms with Crippen molar-refractivity contribution < 1.29 is 8.42 Å². The third-order valence-electron chi connectivity index (χ3n) is 4.39. The van der Waals surface area contributed by atoms with Gasteiger partial charge >= 0.3 is 0 Å². The molecule has 2 aromatic carbocycles. The second kappa shape index (κ2) is 7.92. The van der Waals surface area contributed by atoms with Gasteiger partial charge in [-0.2, -0.15) is 0 Å². The zero-order chi connectivity index (χ0) is 16.8. The van der Waals surface area contributed by atoms with E-state index < -0.39 is 10.0 Å². The average molecular weight is 344 g/mol. The van der Waals surface area contributed by atoms with Gasteiger partial charge in [-0.25, -0.2) is 13.1 Å². The first kappa shape index (κ1) is 17.1. The molecule has 1 fully saturated rings. The first-order valence-corrected chi connectivity index (χ1v) is 9.97. The van der Waals surface area contributed by atoms with E-state index in [2.05, 4.69) is 9.62 Å². The van der Waals surface area contributed by atoms with E-state index >= 15 is 0 Å². The smallest absolute Gasteiger partial charge is 0.240 e. The van der Waals surface area contributed by atoms with E-state index in [0.717, 1.165) is 25.2 Å². The van der Waals surface area contributed by atoms with Gasteiger partial charge in [0.15, 0.2) is 0 Å². The molecule has 1 N–H and O–H groups in total. The van der Waals surface area contributed by atoms with Crippen molar-refractivity contribution in [3.63, 3.8) is 0 Å². The topological polar surface area (TPSA) is 49.4 Å². The minimum atomic E-state index is -3.44.